The van der Waals surface area contributed by atoms with E-state index in [1.54, 1.807) is 6.07 Å². The van der Waals surface area contributed by atoms with Crippen molar-refractivity contribution in [1.29, 1.82) is 5.26 Å². The number of phenols is 1. The van der Waals surface area contributed by atoms with Crippen LogP contribution in [0.3, 0.4) is 0 Å². The zero-order chi connectivity index (χ0) is 10.1. The number of phenolic OH excluding ortho intramolecular Hbond substituents is 1. The summed E-state index contributed by atoms with van der Waals surface area (Å²) in [6.07, 6.45) is 0.662. The number of benzene rings is 1. The van der Waals surface area contributed by atoms with Gasteiger partial charge in [0.05, 0.1) is 17.7 Å². The molecule has 0 saturated heterocycles. The van der Waals surface area contributed by atoms with Crippen LogP contribution < -0.4 is 10.5 Å². The molecule has 1 aromatic carbocycles. The van der Waals surface area contributed by atoms with Gasteiger partial charge in [0, 0.05) is 12.5 Å². The Morgan fingerprint density at radius 2 is 2.36 bits per heavy atom. The van der Waals surface area contributed by atoms with Crippen LogP contribution >= 0.6 is 0 Å². The Labute approximate surface area is 81.5 Å². The summed E-state index contributed by atoms with van der Waals surface area (Å²) in [4.78, 5) is 0. The highest BCUT2D eigenvalue weighted by Gasteiger charge is 2.23. The summed E-state index contributed by atoms with van der Waals surface area (Å²) in [5, 5.41) is 18.4. The molecular formula is C10H10N2O2. The summed E-state index contributed by atoms with van der Waals surface area (Å²) in [5.74, 6) is 0.539. The number of fused-ring (bicyclic) bond motifs is 1. The van der Waals surface area contributed by atoms with Gasteiger partial charge in [0.1, 0.15) is 17.6 Å². The van der Waals surface area contributed by atoms with Gasteiger partial charge in [0.25, 0.3) is 0 Å². The minimum absolute atomic E-state index is 0.0443. The highest BCUT2D eigenvalue weighted by Crippen LogP contribution is 2.38. The van der Waals surface area contributed by atoms with Gasteiger partial charge in [-0.1, -0.05) is 0 Å². The van der Waals surface area contributed by atoms with E-state index in [4.69, 9.17) is 15.7 Å². The van der Waals surface area contributed by atoms with Crippen molar-refractivity contribution < 1.29 is 9.84 Å². The molecule has 1 aliphatic heterocycles. The van der Waals surface area contributed by atoms with E-state index in [0.29, 0.717) is 24.3 Å². The van der Waals surface area contributed by atoms with Gasteiger partial charge in [-0.3, -0.25) is 0 Å². The highest BCUT2D eigenvalue weighted by atomic mass is 16.5. The molecule has 4 heteroatoms. The van der Waals surface area contributed by atoms with Gasteiger partial charge in [-0.15, -0.1) is 0 Å². The van der Waals surface area contributed by atoms with E-state index in [2.05, 4.69) is 0 Å². The molecule has 0 aromatic heterocycles. The Hall–Kier alpha value is -1.73. The molecule has 0 aliphatic carbocycles. The van der Waals surface area contributed by atoms with Crippen molar-refractivity contribution in [2.75, 3.05) is 6.61 Å². The maximum Gasteiger partial charge on any atom is 0.141 e. The molecule has 0 amide bonds. The van der Waals surface area contributed by atoms with Gasteiger partial charge in [-0.2, -0.15) is 5.26 Å². The third-order valence-electron chi connectivity index (χ3n) is 2.35. The fourth-order valence-electron chi connectivity index (χ4n) is 1.60. The number of nitriles is 1. The van der Waals surface area contributed by atoms with Crippen molar-refractivity contribution in [3.05, 3.63) is 23.3 Å². The Bertz CT molecular complexity index is 409. The smallest absolute Gasteiger partial charge is 0.141 e. The Morgan fingerprint density at radius 3 is 3.07 bits per heavy atom. The van der Waals surface area contributed by atoms with Gasteiger partial charge in [0.2, 0.25) is 0 Å². The number of nitrogens with two attached hydrogens (primary N) is 1. The average molecular weight is 190 g/mol. The molecule has 0 radical (unpaired) electrons. The second kappa shape index (κ2) is 3.20. The van der Waals surface area contributed by atoms with Crippen molar-refractivity contribution >= 4 is 0 Å². The lowest BCUT2D eigenvalue weighted by atomic mass is 9.98. The molecule has 1 atom stereocenters. The molecule has 1 aliphatic rings. The van der Waals surface area contributed by atoms with Crippen LogP contribution in [-0.4, -0.2) is 11.7 Å². The number of hydrogen-bond donors (Lipinski definition) is 2. The maximum atomic E-state index is 9.72. The number of aromatic hydroxyl groups is 1. The average Bonchev–Trinajstić information content (AvgIpc) is 2.18. The lowest BCUT2D eigenvalue weighted by molar-refractivity contribution is 0.264. The van der Waals surface area contributed by atoms with Crippen LogP contribution in [0.5, 0.6) is 11.5 Å². The van der Waals surface area contributed by atoms with E-state index in [1.807, 2.05) is 6.07 Å². The summed E-state index contributed by atoms with van der Waals surface area (Å²) in [5.41, 5.74) is 6.61. The Balaban J connectivity index is 2.61. The Kier molecular flexibility index (Phi) is 2.02. The third kappa shape index (κ3) is 1.19. The predicted molar refractivity (Wildman–Crippen MR) is 49.9 cm³/mol. The molecule has 0 saturated carbocycles. The fraction of sp³-hybridized carbons (Fsp3) is 0.300. The molecule has 0 bridgehead atoms. The molecule has 0 fully saturated rings. The van der Waals surface area contributed by atoms with E-state index < -0.39 is 0 Å². The lowest BCUT2D eigenvalue weighted by Gasteiger charge is -2.23. The van der Waals surface area contributed by atoms with Crippen molar-refractivity contribution in [1.82, 2.24) is 0 Å². The van der Waals surface area contributed by atoms with E-state index in [1.165, 1.54) is 6.07 Å². The van der Waals surface area contributed by atoms with Crippen molar-refractivity contribution in [3.8, 4) is 17.6 Å². The lowest BCUT2D eigenvalue weighted by Crippen LogP contribution is -2.20. The van der Waals surface area contributed by atoms with Crippen LogP contribution in [0.2, 0.25) is 0 Å². The minimum Gasteiger partial charge on any atom is -0.506 e. The minimum atomic E-state index is -0.243. The van der Waals surface area contributed by atoms with Crippen molar-refractivity contribution in [3.63, 3.8) is 0 Å². The number of ether oxygens (including phenoxy) is 1. The first kappa shape index (κ1) is 8.85. The van der Waals surface area contributed by atoms with Crippen molar-refractivity contribution in [2.24, 2.45) is 5.73 Å². The van der Waals surface area contributed by atoms with Gasteiger partial charge in [-0.25, -0.2) is 0 Å². The molecular weight excluding hydrogens is 180 g/mol. The first-order chi connectivity index (χ1) is 6.74. The normalized spacial score (nSPS) is 19.3. The number of nitrogens with zero attached hydrogens (tertiary/aromatic N) is 1. The number of hydrogen-bond acceptors (Lipinski definition) is 4. The molecule has 3 N–H and O–H groups in total. The van der Waals surface area contributed by atoms with Crippen LogP contribution in [0.15, 0.2) is 12.1 Å². The molecule has 72 valence electrons. The molecule has 2 rings (SSSR count). The topological polar surface area (TPSA) is 79.3 Å². The van der Waals surface area contributed by atoms with Crippen LogP contribution in [-0.2, 0) is 0 Å². The Morgan fingerprint density at radius 1 is 1.57 bits per heavy atom. The van der Waals surface area contributed by atoms with E-state index in [0.717, 1.165) is 0 Å². The summed E-state index contributed by atoms with van der Waals surface area (Å²) < 4.78 is 5.32. The second-order valence-corrected chi connectivity index (χ2v) is 3.23. The maximum absolute atomic E-state index is 9.72. The summed E-state index contributed by atoms with van der Waals surface area (Å²) in [6, 6.07) is 4.87. The SMILES string of the molecule is N#Cc1ccc2c(c1O)[C@H](N)CCO2. The summed E-state index contributed by atoms with van der Waals surface area (Å²) in [6.45, 7) is 0.555. The van der Waals surface area contributed by atoms with Crippen LogP contribution in [0.25, 0.3) is 0 Å². The van der Waals surface area contributed by atoms with Gasteiger partial charge >= 0.3 is 0 Å². The van der Waals surface area contributed by atoms with Crippen LogP contribution in [0, 0.1) is 11.3 Å². The quantitative estimate of drug-likeness (QED) is 0.640. The van der Waals surface area contributed by atoms with Gasteiger partial charge in [-0.05, 0) is 12.1 Å². The predicted octanol–water partition coefficient (Wildman–Crippen LogP) is 1.05. The van der Waals surface area contributed by atoms with Crippen LogP contribution in [0.1, 0.15) is 23.6 Å². The molecule has 1 heterocycles. The number of rotatable bonds is 0. The fourth-order valence-corrected chi connectivity index (χ4v) is 1.60. The van der Waals surface area contributed by atoms with E-state index >= 15 is 0 Å². The van der Waals surface area contributed by atoms with Gasteiger partial charge in [0.15, 0.2) is 0 Å². The molecule has 0 spiro atoms. The second-order valence-electron chi connectivity index (χ2n) is 3.23. The molecule has 4 nitrogen and oxygen atoms in total. The highest BCUT2D eigenvalue weighted by molar-refractivity contribution is 5.55. The zero-order valence-electron chi connectivity index (χ0n) is 7.53. The first-order valence-corrected chi connectivity index (χ1v) is 4.38. The monoisotopic (exact) mass is 190 g/mol. The molecule has 1 aromatic rings. The zero-order valence-corrected chi connectivity index (χ0v) is 7.53. The standard InChI is InChI=1S/C10H10N2O2/c11-5-6-1-2-8-9(10(6)13)7(12)3-4-14-8/h1-2,7,13H,3-4,12H2/t7-/m1/s1. The van der Waals surface area contributed by atoms with E-state index in [9.17, 15) is 5.11 Å². The third-order valence-corrected chi connectivity index (χ3v) is 2.35. The van der Waals surface area contributed by atoms with E-state index in [-0.39, 0.29) is 17.4 Å². The van der Waals surface area contributed by atoms with Gasteiger partial charge < -0.3 is 15.6 Å². The molecule has 14 heavy (non-hydrogen) atoms. The largest absolute Gasteiger partial charge is 0.506 e. The van der Waals surface area contributed by atoms with Crippen LogP contribution in [0.4, 0.5) is 0 Å². The summed E-state index contributed by atoms with van der Waals surface area (Å²) in [7, 11) is 0. The van der Waals surface area contributed by atoms with Crippen molar-refractivity contribution in [2.45, 2.75) is 12.5 Å². The first-order valence-electron chi connectivity index (χ1n) is 4.38. The molecule has 0 unspecified atom stereocenters. The summed E-state index contributed by atoms with van der Waals surface area (Å²) >= 11 is 0.